The molecule has 70 heavy (non-hydrogen) atoms. The third-order valence-corrected chi connectivity index (χ3v) is 16.6. The fraction of sp³-hybridized carbons (Fsp3) is 0.0571. The summed E-state index contributed by atoms with van der Waals surface area (Å²) >= 11 is 0. The molecular weight excluding hydrogens is 841 g/mol. The summed E-state index contributed by atoms with van der Waals surface area (Å²) in [6.07, 6.45) is 0. The summed E-state index contributed by atoms with van der Waals surface area (Å²) in [4.78, 5) is 0. The van der Waals surface area contributed by atoms with Gasteiger partial charge in [0.2, 0.25) is 0 Å². The maximum Gasteiger partial charge on any atom is -0.00110 e. The van der Waals surface area contributed by atoms with E-state index in [-0.39, 0.29) is 0 Å². The first kappa shape index (κ1) is 39.4. The Balaban J connectivity index is 0.985. The van der Waals surface area contributed by atoms with E-state index in [0.717, 1.165) is 0 Å². The highest BCUT2D eigenvalue weighted by Crippen LogP contribution is 2.61. The Morgan fingerprint density at radius 2 is 0.457 bits per heavy atom. The average molecular weight is 887 g/mol. The van der Waals surface area contributed by atoms with Gasteiger partial charge in [-0.25, -0.2) is 0 Å². The van der Waals surface area contributed by atoms with E-state index in [1.165, 1.54) is 176 Å². The molecular formula is C70H46. The van der Waals surface area contributed by atoms with E-state index >= 15 is 0 Å². The molecule has 0 atom stereocenters. The molecule has 0 saturated heterocycles. The number of rotatable bonds is 5. The summed E-state index contributed by atoms with van der Waals surface area (Å²) in [6.45, 7) is 9.30. The van der Waals surface area contributed by atoms with Crippen molar-refractivity contribution >= 4 is 53.9 Å². The Morgan fingerprint density at radius 1 is 0.171 bits per heavy atom. The van der Waals surface area contributed by atoms with Crippen molar-refractivity contribution in [3.8, 4) is 100 Å². The molecule has 0 aromatic heterocycles. The van der Waals surface area contributed by atoms with E-state index < -0.39 is 0 Å². The molecule has 0 aliphatic heterocycles. The van der Waals surface area contributed by atoms with Crippen LogP contribution >= 0.6 is 0 Å². The lowest BCUT2D eigenvalue weighted by Crippen LogP contribution is -1.98. The zero-order valence-corrected chi connectivity index (χ0v) is 39.6. The van der Waals surface area contributed by atoms with E-state index in [2.05, 4.69) is 234 Å². The molecule has 0 spiro atoms. The van der Waals surface area contributed by atoms with Crippen molar-refractivity contribution in [1.29, 1.82) is 0 Å². The van der Waals surface area contributed by atoms with Gasteiger partial charge in [0.25, 0.3) is 0 Å². The van der Waals surface area contributed by atoms with Crippen LogP contribution in [0.5, 0.6) is 0 Å². The third-order valence-electron chi connectivity index (χ3n) is 16.6. The minimum atomic E-state index is 1.26. The van der Waals surface area contributed by atoms with Crippen LogP contribution in [0, 0.1) is 27.7 Å². The minimum Gasteiger partial charge on any atom is -0.0622 e. The van der Waals surface area contributed by atoms with E-state index in [1.807, 2.05) is 0 Å². The van der Waals surface area contributed by atoms with E-state index in [4.69, 9.17) is 0 Å². The number of fused-ring (bicyclic) bond motifs is 8. The fourth-order valence-corrected chi connectivity index (χ4v) is 13.4. The molecule has 13 aromatic rings. The first-order valence-electron chi connectivity index (χ1n) is 24.8. The summed E-state index contributed by atoms with van der Waals surface area (Å²) in [5, 5.41) is 13.3. The predicted molar refractivity (Wildman–Crippen MR) is 300 cm³/mol. The van der Waals surface area contributed by atoms with Gasteiger partial charge in [0.1, 0.15) is 0 Å². The van der Waals surface area contributed by atoms with E-state index in [0.29, 0.717) is 0 Å². The van der Waals surface area contributed by atoms with Crippen molar-refractivity contribution in [3.63, 3.8) is 0 Å². The van der Waals surface area contributed by atoms with Gasteiger partial charge in [-0.15, -0.1) is 0 Å². The standard InChI is InChI=1S/C70H46/c1-39-40(2)60(44-21-11-6-12-22-44)68-56-36-32-48(50-28-18-30-55(64(50)56)67(68)59(39)43-19-9-5-10-20-43)47-31-33-52-54-35-38-58-66-57(37-34-53(65(54)66)51-29-17-27-49(47)63(51)52)69-61(45-23-13-7-14-24-45)41(3)42(4)62(70(58)69)46-25-15-8-16-26-46/h5-38H,1-4H3. The summed E-state index contributed by atoms with van der Waals surface area (Å²) in [6, 6.07) is 77.7. The third kappa shape index (κ3) is 5.10. The van der Waals surface area contributed by atoms with Crippen molar-refractivity contribution in [2.45, 2.75) is 27.7 Å². The summed E-state index contributed by atoms with van der Waals surface area (Å²) in [5.74, 6) is 0. The van der Waals surface area contributed by atoms with Crippen LogP contribution in [0.25, 0.3) is 154 Å². The molecule has 0 heteroatoms. The summed E-state index contributed by atoms with van der Waals surface area (Å²) < 4.78 is 0. The molecule has 0 nitrogen and oxygen atoms in total. The van der Waals surface area contributed by atoms with Crippen LogP contribution in [-0.4, -0.2) is 0 Å². The number of hydrogen-bond acceptors (Lipinski definition) is 0. The molecule has 326 valence electrons. The highest BCUT2D eigenvalue weighted by atomic mass is 14.4. The van der Waals surface area contributed by atoms with E-state index in [9.17, 15) is 0 Å². The monoisotopic (exact) mass is 886 g/mol. The van der Waals surface area contributed by atoms with Crippen molar-refractivity contribution in [2.24, 2.45) is 0 Å². The molecule has 0 bridgehead atoms. The van der Waals surface area contributed by atoms with Gasteiger partial charge in [-0.2, -0.15) is 0 Å². The first-order chi connectivity index (χ1) is 34.5. The summed E-state index contributed by atoms with van der Waals surface area (Å²) in [5.41, 5.74) is 29.1. The van der Waals surface area contributed by atoms with E-state index in [1.54, 1.807) is 0 Å². The smallest absolute Gasteiger partial charge is 0.00110 e. The van der Waals surface area contributed by atoms with Gasteiger partial charge in [-0.05, 0) is 204 Å². The maximum atomic E-state index is 2.44. The molecule has 0 amide bonds. The van der Waals surface area contributed by atoms with Crippen molar-refractivity contribution < 1.29 is 0 Å². The van der Waals surface area contributed by atoms with Crippen LogP contribution in [-0.2, 0) is 0 Å². The van der Waals surface area contributed by atoms with Gasteiger partial charge < -0.3 is 0 Å². The van der Waals surface area contributed by atoms with Crippen molar-refractivity contribution in [2.75, 3.05) is 0 Å². The Labute approximate surface area is 408 Å². The van der Waals surface area contributed by atoms with Crippen LogP contribution in [0.15, 0.2) is 206 Å². The van der Waals surface area contributed by atoms with Crippen molar-refractivity contribution in [1.82, 2.24) is 0 Å². The van der Waals surface area contributed by atoms with Crippen LogP contribution in [0.3, 0.4) is 0 Å². The van der Waals surface area contributed by atoms with Crippen LogP contribution < -0.4 is 0 Å². The van der Waals surface area contributed by atoms with Crippen molar-refractivity contribution in [3.05, 3.63) is 229 Å². The molecule has 0 unspecified atom stereocenters. The number of benzene rings is 13. The Morgan fingerprint density at radius 3 is 0.886 bits per heavy atom. The minimum absolute atomic E-state index is 1.26. The second kappa shape index (κ2) is 14.5. The molecule has 15 rings (SSSR count). The van der Waals surface area contributed by atoms with Gasteiger partial charge in [0.15, 0.2) is 0 Å². The van der Waals surface area contributed by atoms with Gasteiger partial charge in [0, 0.05) is 0 Å². The first-order valence-corrected chi connectivity index (χ1v) is 24.8. The maximum absolute atomic E-state index is 2.44. The van der Waals surface area contributed by atoms with Gasteiger partial charge in [-0.1, -0.05) is 206 Å². The average Bonchev–Trinajstić information content (AvgIpc) is 3.92. The predicted octanol–water partition coefficient (Wildman–Crippen LogP) is 19.8. The molecule has 0 saturated carbocycles. The fourth-order valence-electron chi connectivity index (χ4n) is 13.4. The van der Waals surface area contributed by atoms with Gasteiger partial charge >= 0.3 is 0 Å². The number of hydrogen-bond donors (Lipinski definition) is 0. The zero-order chi connectivity index (χ0) is 46.5. The normalized spacial score (nSPS) is 12.3. The zero-order valence-electron chi connectivity index (χ0n) is 39.6. The molecule has 0 N–H and O–H groups in total. The van der Waals surface area contributed by atoms with Crippen LogP contribution in [0.4, 0.5) is 0 Å². The summed E-state index contributed by atoms with van der Waals surface area (Å²) in [7, 11) is 0. The highest BCUT2D eigenvalue weighted by Gasteiger charge is 2.34. The largest absolute Gasteiger partial charge is 0.0622 e. The Kier molecular flexibility index (Phi) is 8.15. The van der Waals surface area contributed by atoms with Gasteiger partial charge in [0.05, 0.1) is 0 Å². The Bertz CT molecular complexity index is 4180. The van der Waals surface area contributed by atoms with Crippen LogP contribution in [0.1, 0.15) is 22.3 Å². The lowest BCUT2D eigenvalue weighted by Gasteiger charge is -2.22. The molecule has 2 aliphatic carbocycles. The highest BCUT2D eigenvalue weighted by molar-refractivity contribution is 6.39. The van der Waals surface area contributed by atoms with Crippen LogP contribution in [0.2, 0.25) is 0 Å². The quantitative estimate of drug-likeness (QED) is 0.119. The molecule has 13 aromatic carbocycles. The molecule has 0 radical (unpaired) electrons. The second-order valence-electron chi connectivity index (χ2n) is 19.8. The molecule has 2 aliphatic rings. The SMILES string of the molecule is Cc1c(C)c(-c2ccccc2)c2c(c1-c1ccccc1)-c1cccc3c(-c4ccc5c6ccc7c8c(ccc(c9cccc4c95)c86)-c4c(-c5ccccc5)c(C)c(C)c(-c5ccccc5)c4-7)ccc-2c13. The van der Waals surface area contributed by atoms with Gasteiger partial charge in [-0.3, -0.25) is 0 Å². The molecule has 0 heterocycles. The second-order valence-corrected chi connectivity index (χ2v) is 19.8. The topological polar surface area (TPSA) is 0 Å². The lowest BCUT2D eigenvalue weighted by atomic mass is 9.81. The molecule has 0 fully saturated rings. The Hall–Kier alpha value is -8.58. The lowest BCUT2D eigenvalue weighted by molar-refractivity contribution is 1.34.